The number of β-lactam (4-membered cyclic amide) rings is 1. The van der Waals surface area contributed by atoms with Gasteiger partial charge in [-0.1, -0.05) is 109 Å². The van der Waals surface area contributed by atoms with E-state index >= 15 is 0 Å². The SMILES string of the molecule is O=C([C@@H](CCOCCc1ccccc1)N1C(=O)[C@@H](N2C(=O)OC[C@@H]2c2ccccc2)[C@H]1/C=C/c1ccccc1)N1CCN(c2cccc(C(F)(F)F)c2)CC1. The molecule has 7 rings (SSSR count). The van der Waals surface area contributed by atoms with Crippen molar-refractivity contribution in [1.29, 1.82) is 0 Å². The van der Waals surface area contributed by atoms with E-state index < -0.39 is 42.0 Å². The van der Waals surface area contributed by atoms with E-state index in [4.69, 9.17) is 9.47 Å². The Balaban J connectivity index is 1.14. The van der Waals surface area contributed by atoms with Crippen molar-refractivity contribution in [2.24, 2.45) is 0 Å². The average Bonchev–Trinajstić information content (AvgIpc) is 3.59. The molecule has 0 radical (unpaired) electrons. The number of anilines is 1. The number of halogens is 3. The van der Waals surface area contributed by atoms with Gasteiger partial charge in [0.05, 0.1) is 24.3 Å². The van der Waals surface area contributed by atoms with Crippen LogP contribution in [0.25, 0.3) is 6.08 Å². The van der Waals surface area contributed by atoms with E-state index in [-0.39, 0.29) is 44.5 Å². The van der Waals surface area contributed by atoms with Crippen LogP contribution in [0.2, 0.25) is 0 Å². The van der Waals surface area contributed by atoms with Crippen molar-refractivity contribution >= 4 is 29.7 Å². The Labute approximate surface area is 318 Å². The van der Waals surface area contributed by atoms with E-state index in [1.54, 1.807) is 15.9 Å². The molecule has 3 aliphatic heterocycles. The summed E-state index contributed by atoms with van der Waals surface area (Å²) in [4.78, 5) is 49.0. The lowest BCUT2D eigenvalue weighted by Gasteiger charge is -2.53. The van der Waals surface area contributed by atoms with E-state index in [1.165, 1.54) is 11.0 Å². The molecule has 3 saturated heterocycles. The van der Waals surface area contributed by atoms with Crippen LogP contribution in [0.4, 0.5) is 23.7 Å². The number of carbonyl (C=O) groups excluding carboxylic acids is 3. The van der Waals surface area contributed by atoms with Crippen LogP contribution in [-0.4, -0.2) is 96.7 Å². The molecule has 0 aromatic heterocycles. The normalized spacial score (nSPS) is 20.8. The molecule has 3 aliphatic rings. The Hall–Kier alpha value is -5.62. The quantitative estimate of drug-likeness (QED) is 0.110. The predicted octanol–water partition coefficient (Wildman–Crippen LogP) is 6.86. The summed E-state index contributed by atoms with van der Waals surface area (Å²) in [5.74, 6) is -0.642. The molecule has 4 aromatic carbocycles. The number of carbonyl (C=O) groups is 3. The van der Waals surface area contributed by atoms with Gasteiger partial charge in [-0.2, -0.15) is 13.2 Å². The molecule has 0 spiro atoms. The van der Waals surface area contributed by atoms with Crippen LogP contribution in [0.1, 0.15) is 34.7 Å². The highest BCUT2D eigenvalue weighted by molar-refractivity contribution is 5.98. The minimum Gasteiger partial charge on any atom is -0.447 e. The molecule has 55 heavy (non-hydrogen) atoms. The third kappa shape index (κ3) is 8.54. The number of likely N-dealkylation sites (tertiary alicyclic amines) is 1. The molecule has 0 aliphatic carbocycles. The third-order valence-corrected chi connectivity index (χ3v) is 10.5. The number of benzene rings is 4. The van der Waals surface area contributed by atoms with Crippen LogP contribution in [0, 0.1) is 0 Å². The highest BCUT2D eigenvalue weighted by Crippen LogP contribution is 2.39. The van der Waals surface area contributed by atoms with Gasteiger partial charge in [0.25, 0.3) is 0 Å². The van der Waals surface area contributed by atoms with Gasteiger partial charge in [0.15, 0.2) is 0 Å². The standard InChI is InChI=1S/C43H43F3N4O5/c44-43(45,46)34-17-10-18-35(29-34)47-23-25-48(26-24-47)40(51)37(22-28-54-27-21-32-13-6-2-7-14-32)49-36(20-19-31-11-4-1-5-12-31)39(41(49)52)50-38(30-55-42(50)53)33-15-8-3-9-16-33/h1-20,29,36-39H,21-28,30H2/b20-19+/t36-,37-,38-,39+/m1/s1. The van der Waals surface area contributed by atoms with Gasteiger partial charge in [0.1, 0.15) is 18.7 Å². The lowest BCUT2D eigenvalue weighted by atomic mass is 9.87. The highest BCUT2D eigenvalue weighted by Gasteiger charge is 2.58. The topological polar surface area (TPSA) is 82.6 Å². The van der Waals surface area contributed by atoms with E-state index in [9.17, 15) is 27.6 Å². The number of ether oxygens (including phenoxy) is 2. The van der Waals surface area contributed by atoms with Gasteiger partial charge in [0.2, 0.25) is 11.8 Å². The molecule has 0 saturated carbocycles. The van der Waals surface area contributed by atoms with Gasteiger partial charge in [-0.3, -0.25) is 14.5 Å². The maximum absolute atomic E-state index is 14.6. The molecule has 3 amide bonds. The summed E-state index contributed by atoms with van der Waals surface area (Å²) in [6, 6.07) is 31.1. The van der Waals surface area contributed by atoms with Crippen molar-refractivity contribution in [3.63, 3.8) is 0 Å². The van der Waals surface area contributed by atoms with Crippen LogP contribution in [0.15, 0.2) is 121 Å². The van der Waals surface area contributed by atoms with Crippen LogP contribution in [0.5, 0.6) is 0 Å². The Kier molecular flexibility index (Phi) is 11.5. The van der Waals surface area contributed by atoms with Crippen molar-refractivity contribution in [3.05, 3.63) is 144 Å². The Morgan fingerprint density at radius 2 is 1.51 bits per heavy atom. The number of hydrogen-bond donors (Lipinski definition) is 0. The highest BCUT2D eigenvalue weighted by atomic mass is 19.4. The van der Waals surface area contributed by atoms with E-state index in [1.807, 2.05) is 108 Å². The zero-order chi connectivity index (χ0) is 38.4. The Morgan fingerprint density at radius 3 is 2.20 bits per heavy atom. The fraction of sp³-hybridized carbons (Fsp3) is 0.326. The molecule has 286 valence electrons. The van der Waals surface area contributed by atoms with Crippen LogP contribution >= 0.6 is 0 Å². The molecule has 3 heterocycles. The minimum atomic E-state index is -4.47. The largest absolute Gasteiger partial charge is 0.447 e. The summed E-state index contributed by atoms with van der Waals surface area (Å²) in [5.41, 5.74) is 2.55. The van der Waals surface area contributed by atoms with E-state index in [0.29, 0.717) is 31.8 Å². The summed E-state index contributed by atoms with van der Waals surface area (Å²) >= 11 is 0. The lowest BCUT2D eigenvalue weighted by molar-refractivity contribution is -0.166. The zero-order valence-corrected chi connectivity index (χ0v) is 30.3. The molecule has 9 nitrogen and oxygen atoms in total. The number of nitrogens with zero attached hydrogens (tertiary/aromatic N) is 4. The van der Waals surface area contributed by atoms with E-state index in [2.05, 4.69) is 0 Å². The number of rotatable bonds is 13. The molecule has 0 unspecified atom stereocenters. The first-order chi connectivity index (χ1) is 26.7. The number of alkyl halides is 3. The molecule has 3 fully saturated rings. The summed E-state index contributed by atoms with van der Waals surface area (Å²) < 4.78 is 52.0. The van der Waals surface area contributed by atoms with E-state index in [0.717, 1.165) is 28.8 Å². The smallest absolute Gasteiger partial charge is 0.416 e. The van der Waals surface area contributed by atoms with Gasteiger partial charge >= 0.3 is 12.3 Å². The Bertz CT molecular complexity index is 1960. The molecular formula is C43H43F3N4O5. The monoisotopic (exact) mass is 752 g/mol. The van der Waals surface area contributed by atoms with Crippen molar-refractivity contribution in [2.75, 3.05) is 50.9 Å². The summed E-state index contributed by atoms with van der Waals surface area (Å²) in [7, 11) is 0. The maximum Gasteiger partial charge on any atom is 0.416 e. The van der Waals surface area contributed by atoms with Gasteiger partial charge < -0.3 is 24.2 Å². The van der Waals surface area contributed by atoms with Gasteiger partial charge in [-0.15, -0.1) is 0 Å². The maximum atomic E-state index is 14.6. The van der Waals surface area contributed by atoms with Gasteiger partial charge in [0, 0.05) is 44.9 Å². The summed E-state index contributed by atoms with van der Waals surface area (Å²) in [6.45, 7) is 1.87. The zero-order valence-electron chi connectivity index (χ0n) is 30.3. The minimum absolute atomic E-state index is 0.0928. The summed E-state index contributed by atoms with van der Waals surface area (Å²) in [6.07, 6.45) is -0.407. The van der Waals surface area contributed by atoms with Gasteiger partial charge in [-0.25, -0.2) is 4.79 Å². The fourth-order valence-corrected chi connectivity index (χ4v) is 7.59. The average molecular weight is 753 g/mol. The second-order valence-corrected chi connectivity index (χ2v) is 13.9. The fourth-order valence-electron chi connectivity index (χ4n) is 7.59. The van der Waals surface area contributed by atoms with Crippen molar-refractivity contribution in [2.45, 2.75) is 43.2 Å². The molecular weight excluding hydrogens is 709 g/mol. The first-order valence-electron chi connectivity index (χ1n) is 18.6. The van der Waals surface area contributed by atoms with Crippen LogP contribution < -0.4 is 4.90 Å². The number of hydrogen-bond acceptors (Lipinski definition) is 6. The van der Waals surface area contributed by atoms with Gasteiger partial charge in [-0.05, 0) is 41.3 Å². The molecule has 4 atom stereocenters. The van der Waals surface area contributed by atoms with Crippen LogP contribution in [0.3, 0.4) is 0 Å². The first-order valence-corrected chi connectivity index (χ1v) is 18.6. The Morgan fingerprint density at radius 1 is 0.836 bits per heavy atom. The second kappa shape index (κ2) is 16.8. The second-order valence-electron chi connectivity index (χ2n) is 13.9. The van der Waals surface area contributed by atoms with Crippen molar-refractivity contribution in [1.82, 2.24) is 14.7 Å². The summed E-state index contributed by atoms with van der Waals surface area (Å²) in [5, 5.41) is 0. The number of piperazine rings is 1. The van der Waals surface area contributed by atoms with Crippen molar-refractivity contribution < 1.29 is 37.0 Å². The predicted molar refractivity (Wildman–Crippen MR) is 202 cm³/mol. The molecule has 0 bridgehead atoms. The van der Waals surface area contributed by atoms with Crippen molar-refractivity contribution in [3.8, 4) is 0 Å². The molecule has 12 heteroatoms. The number of amides is 3. The lowest BCUT2D eigenvalue weighted by Crippen LogP contribution is -2.74. The first kappa shape index (κ1) is 37.7. The van der Waals surface area contributed by atoms with Crippen LogP contribution in [-0.2, 0) is 31.7 Å². The molecule has 4 aromatic rings. The number of cyclic esters (lactones) is 1. The molecule has 0 N–H and O–H groups in total. The third-order valence-electron chi connectivity index (χ3n) is 10.5.